The van der Waals surface area contributed by atoms with Gasteiger partial charge in [-0.15, -0.1) is 0 Å². The van der Waals surface area contributed by atoms with E-state index in [1.54, 1.807) is 0 Å². The molecule has 1 aliphatic rings. The van der Waals surface area contributed by atoms with Crippen LogP contribution in [0.15, 0.2) is 47.8 Å². The summed E-state index contributed by atoms with van der Waals surface area (Å²) in [6, 6.07) is 12.2. The molecule has 0 atom stereocenters. The fraction of sp³-hybridized carbons (Fsp3) is 0.294. The lowest BCUT2D eigenvalue weighted by atomic mass is 10.1. The monoisotopic (exact) mass is 281 g/mol. The summed E-state index contributed by atoms with van der Waals surface area (Å²) >= 11 is 0. The minimum Gasteiger partial charge on any atom is -0.411 e. The van der Waals surface area contributed by atoms with Crippen LogP contribution in [0.4, 0.5) is 5.69 Å². The molecular formula is C17H19N3O. The summed E-state index contributed by atoms with van der Waals surface area (Å²) in [4.78, 5) is 6.82. The van der Waals surface area contributed by atoms with Gasteiger partial charge in [-0.05, 0) is 37.5 Å². The van der Waals surface area contributed by atoms with Crippen LogP contribution in [0.5, 0.6) is 0 Å². The third kappa shape index (κ3) is 2.75. The van der Waals surface area contributed by atoms with Crippen molar-refractivity contribution >= 4 is 11.4 Å². The number of nitrogens with zero attached hydrogens (tertiary/aromatic N) is 3. The van der Waals surface area contributed by atoms with E-state index >= 15 is 0 Å². The molecule has 4 nitrogen and oxygen atoms in total. The Labute approximate surface area is 124 Å². The van der Waals surface area contributed by atoms with Crippen molar-refractivity contribution in [3.8, 4) is 0 Å². The maximum atomic E-state index is 9.24. The van der Waals surface area contributed by atoms with Gasteiger partial charge in [-0.25, -0.2) is 0 Å². The fourth-order valence-electron chi connectivity index (χ4n) is 2.82. The van der Waals surface area contributed by atoms with Crippen molar-refractivity contribution in [2.24, 2.45) is 5.16 Å². The molecule has 0 bridgehead atoms. The third-order valence-electron chi connectivity index (χ3n) is 3.98. The quantitative estimate of drug-likeness (QED) is 0.678. The molecular weight excluding hydrogens is 262 g/mol. The summed E-state index contributed by atoms with van der Waals surface area (Å²) in [7, 11) is 0. The standard InChI is InChI=1S/C17H19N3O/c1-13-6-4-10-18-16(13)12-20-11-5-8-15(19-21)14-7-2-3-9-17(14)20/h2-4,6-7,9-10,21H,5,8,11-12H2,1H3/b19-15-. The van der Waals surface area contributed by atoms with Crippen LogP contribution >= 0.6 is 0 Å². The molecule has 0 spiro atoms. The van der Waals surface area contributed by atoms with Gasteiger partial charge in [0.1, 0.15) is 0 Å². The average molecular weight is 281 g/mol. The van der Waals surface area contributed by atoms with Crippen molar-refractivity contribution in [3.05, 3.63) is 59.4 Å². The fourth-order valence-corrected chi connectivity index (χ4v) is 2.82. The molecule has 0 unspecified atom stereocenters. The molecule has 0 saturated carbocycles. The Balaban J connectivity index is 1.97. The van der Waals surface area contributed by atoms with Gasteiger partial charge < -0.3 is 10.1 Å². The molecule has 21 heavy (non-hydrogen) atoms. The summed E-state index contributed by atoms with van der Waals surface area (Å²) in [5, 5.41) is 12.7. The van der Waals surface area contributed by atoms with Gasteiger partial charge in [-0.2, -0.15) is 0 Å². The molecule has 1 aromatic heterocycles. The Morgan fingerprint density at radius 2 is 2.10 bits per heavy atom. The minimum absolute atomic E-state index is 0.769. The number of aromatic nitrogens is 1. The summed E-state index contributed by atoms with van der Waals surface area (Å²) < 4.78 is 0. The van der Waals surface area contributed by atoms with E-state index in [1.165, 1.54) is 5.56 Å². The van der Waals surface area contributed by atoms with E-state index < -0.39 is 0 Å². The molecule has 0 aliphatic carbocycles. The van der Waals surface area contributed by atoms with Gasteiger partial charge in [0.25, 0.3) is 0 Å². The molecule has 1 aliphatic heterocycles. The van der Waals surface area contributed by atoms with Crippen LogP contribution in [0.25, 0.3) is 0 Å². The Kier molecular flexibility index (Phi) is 3.86. The van der Waals surface area contributed by atoms with Gasteiger partial charge in [0.2, 0.25) is 0 Å². The Hall–Kier alpha value is -2.36. The molecule has 0 saturated heterocycles. The zero-order valence-corrected chi connectivity index (χ0v) is 12.2. The maximum Gasteiger partial charge on any atom is 0.0889 e. The van der Waals surface area contributed by atoms with Crippen LogP contribution in [-0.4, -0.2) is 22.4 Å². The molecule has 1 aromatic carbocycles. The molecule has 0 amide bonds. The Morgan fingerprint density at radius 3 is 2.90 bits per heavy atom. The van der Waals surface area contributed by atoms with Crippen LogP contribution in [-0.2, 0) is 6.54 Å². The first-order valence-electron chi connectivity index (χ1n) is 7.25. The molecule has 108 valence electrons. The SMILES string of the molecule is Cc1cccnc1CN1CCC/C(=N/O)c2ccccc21. The van der Waals surface area contributed by atoms with E-state index in [2.05, 4.69) is 34.1 Å². The topological polar surface area (TPSA) is 48.7 Å². The van der Waals surface area contributed by atoms with Crippen molar-refractivity contribution in [3.63, 3.8) is 0 Å². The number of anilines is 1. The zero-order valence-electron chi connectivity index (χ0n) is 12.2. The first-order valence-corrected chi connectivity index (χ1v) is 7.25. The number of fused-ring (bicyclic) bond motifs is 1. The lowest BCUT2D eigenvalue weighted by Gasteiger charge is -2.25. The third-order valence-corrected chi connectivity index (χ3v) is 3.98. The number of hydrogen-bond donors (Lipinski definition) is 1. The van der Waals surface area contributed by atoms with Crippen molar-refractivity contribution in [1.82, 2.24) is 4.98 Å². The lowest BCUT2D eigenvalue weighted by Crippen LogP contribution is -2.24. The number of benzene rings is 1. The van der Waals surface area contributed by atoms with Crippen molar-refractivity contribution < 1.29 is 5.21 Å². The van der Waals surface area contributed by atoms with E-state index in [0.29, 0.717) is 0 Å². The van der Waals surface area contributed by atoms with Gasteiger partial charge in [0.15, 0.2) is 0 Å². The van der Waals surface area contributed by atoms with Gasteiger partial charge in [0, 0.05) is 24.0 Å². The van der Waals surface area contributed by atoms with Gasteiger partial charge >= 0.3 is 0 Å². The van der Waals surface area contributed by atoms with Gasteiger partial charge in [-0.1, -0.05) is 29.4 Å². The second kappa shape index (κ2) is 5.95. The number of rotatable bonds is 2. The number of para-hydroxylation sites is 1. The van der Waals surface area contributed by atoms with Gasteiger partial charge in [0.05, 0.1) is 18.0 Å². The predicted octanol–water partition coefficient (Wildman–Crippen LogP) is 3.37. The van der Waals surface area contributed by atoms with Crippen molar-refractivity contribution in [2.45, 2.75) is 26.3 Å². The summed E-state index contributed by atoms with van der Waals surface area (Å²) in [6.45, 7) is 3.81. The first kappa shape index (κ1) is 13.6. The van der Waals surface area contributed by atoms with E-state index in [1.807, 2.05) is 30.5 Å². The second-order valence-electron chi connectivity index (χ2n) is 5.36. The summed E-state index contributed by atoms with van der Waals surface area (Å²) in [5.74, 6) is 0. The summed E-state index contributed by atoms with van der Waals surface area (Å²) in [5.41, 5.74) is 5.21. The first-order chi connectivity index (χ1) is 10.3. The van der Waals surface area contributed by atoms with Crippen LogP contribution in [0, 0.1) is 6.92 Å². The Morgan fingerprint density at radius 1 is 1.24 bits per heavy atom. The van der Waals surface area contributed by atoms with Crippen LogP contribution < -0.4 is 4.90 Å². The zero-order chi connectivity index (χ0) is 14.7. The van der Waals surface area contributed by atoms with Crippen LogP contribution in [0.1, 0.15) is 29.7 Å². The lowest BCUT2D eigenvalue weighted by molar-refractivity contribution is 0.318. The highest BCUT2D eigenvalue weighted by atomic mass is 16.4. The van der Waals surface area contributed by atoms with E-state index in [-0.39, 0.29) is 0 Å². The number of pyridine rings is 1. The van der Waals surface area contributed by atoms with E-state index in [4.69, 9.17) is 0 Å². The molecule has 2 heterocycles. The van der Waals surface area contributed by atoms with E-state index in [9.17, 15) is 5.21 Å². The van der Waals surface area contributed by atoms with Crippen LogP contribution in [0.3, 0.4) is 0 Å². The van der Waals surface area contributed by atoms with Crippen LogP contribution in [0.2, 0.25) is 0 Å². The normalized spacial score (nSPS) is 16.6. The molecule has 4 heteroatoms. The molecule has 0 radical (unpaired) electrons. The second-order valence-corrected chi connectivity index (χ2v) is 5.36. The summed E-state index contributed by atoms with van der Waals surface area (Å²) in [6.07, 6.45) is 3.61. The molecule has 0 fully saturated rings. The Bertz CT molecular complexity index is 667. The average Bonchev–Trinajstić information content (AvgIpc) is 2.69. The van der Waals surface area contributed by atoms with Crippen molar-refractivity contribution in [2.75, 3.05) is 11.4 Å². The molecule has 3 rings (SSSR count). The van der Waals surface area contributed by atoms with E-state index in [0.717, 1.165) is 48.6 Å². The predicted molar refractivity (Wildman–Crippen MR) is 84.0 cm³/mol. The number of aryl methyl sites for hydroxylation is 1. The minimum atomic E-state index is 0.769. The molecule has 1 N–H and O–H groups in total. The largest absolute Gasteiger partial charge is 0.411 e. The highest BCUT2D eigenvalue weighted by Crippen LogP contribution is 2.28. The number of hydrogen-bond acceptors (Lipinski definition) is 4. The number of oxime groups is 1. The van der Waals surface area contributed by atoms with Gasteiger partial charge in [-0.3, -0.25) is 4.98 Å². The molecule has 2 aromatic rings. The van der Waals surface area contributed by atoms with Crippen molar-refractivity contribution in [1.29, 1.82) is 0 Å². The smallest absolute Gasteiger partial charge is 0.0889 e. The maximum absolute atomic E-state index is 9.24. The highest BCUT2D eigenvalue weighted by Gasteiger charge is 2.20. The highest BCUT2D eigenvalue weighted by molar-refractivity contribution is 6.05.